The second kappa shape index (κ2) is 8.84. The lowest BCUT2D eigenvalue weighted by Crippen LogP contribution is -2.32. The summed E-state index contributed by atoms with van der Waals surface area (Å²) in [5.41, 5.74) is 1.40. The summed E-state index contributed by atoms with van der Waals surface area (Å²) in [5.74, 6) is -1.17. The van der Waals surface area contributed by atoms with Gasteiger partial charge in [-0.1, -0.05) is 24.3 Å². The molecule has 3 amide bonds. The average molecular weight is 336 g/mol. The molecule has 0 aliphatic rings. The molecule has 0 atom stereocenters. The zero-order valence-corrected chi connectivity index (χ0v) is 13.3. The monoisotopic (exact) mass is 336 g/mol. The minimum atomic E-state index is -0.430. The third-order valence-corrected chi connectivity index (χ3v) is 3.12. The first-order chi connectivity index (χ1) is 12.1. The van der Waals surface area contributed by atoms with Gasteiger partial charge in [0.1, 0.15) is 6.42 Å². The lowest BCUT2D eigenvalue weighted by Gasteiger charge is -2.09. The second-order valence-electron chi connectivity index (χ2n) is 5.06. The van der Waals surface area contributed by atoms with Crippen molar-refractivity contribution in [1.29, 1.82) is 5.26 Å². The minimum Gasteiger partial charge on any atom is -0.343 e. The topological polar surface area (TPSA) is 111 Å². The molecule has 3 N–H and O–H groups in total. The van der Waals surface area contributed by atoms with Gasteiger partial charge in [-0.15, -0.1) is 0 Å². The molecule has 7 nitrogen and oxygen atoms in total. The summed E-state index contributed by atoms with van der Waals surface area (Å²) in [6.07, 6.45) is -0.248. The van der Waals surface area contributed by atoms with E-state index in [2.05, 4.69) is 16.0 Å². The van der Waals surface area contributed by atoms with Crippen molar-refractivity contribution in [3.63, 3.8) is 0 Å². The molecule has 0 aromatic heterocycles. The number of nitrogens with one attached hydrogen (secondary N) is 3. The van der Waals surface area contributed by atoms with E-state index in [-0.39, 0.29) is 18.9 Å². The highest BCUT2D eigenvalue weighted by molar-refractivity contribution is 5.99. The molecule has 0 spiro atoms. The number of hydrogen-bond acceptors (Lipinski definition) is 4. The second-order valence-corrected chi connectivity index (χ2v) is 5.06. The summed E-state index contributed by atoms with van der Waals surface area (Å²) in [6.45, 7) is -0.182. The molecule has 0 saturated heterocycles. The van der Waals surface area contributed by atoms with Crippen LogP contribution >= 0.6 is 0 Å². The summed E-state index contributed by atoms with van der Waals surface area (Å²) >= 11 is 0. The van der Waals surface area contributed by atoms with Crippen LogP contribution in [0.2, 0.25) is 0 Å². The number of nitrogens with zero attached hydrogens (tertiary/aromatic N) is 1. The molecule has 0 bridgehead atoms. The molecular formula is C18H16N4O3. The van der Waals surface area contributed by atoms with E-state index < -0.39 is 11.8 Å². The smallest absolute Gasteiger partial charge is 0.251 e. The van der Waals surface area contributed by atoms with Gasteiger partial charge in [0.05, 0.1) is 12.6 Å². The van der Waals surface area contributed by atoms with Crippen LogP contribution in [0.5, 0.6) is 0 Å². The van der Waals surface area contributed by atoms with E-state index in [1.807, 2.05) is 0 Å². The Hall–Kier alpha value is -3.66. The van der Waals surface area contributed by atoms with Crippen LogP contribution in [0, 0.1) is 11.3 Å². The Bertz CT molecular complexity index is 813. The number of benzene rings is 2. The van der Waals surface area contributed by atoms with E-state index in [0.29, 0.717) is 16.9 Å². The molecule has 0 fully saturated rings. The molecule has 7 heteroatoms. The van der Waals surface area contributed by atoms with E-state index in [0.717, 1.165) is 0 Å². The van der Waals surface area contributed by atoms with Gasteiger partial charge < -0.3 is 16.0 Å². The van der Waals surface area contributed by atoms with Gasteiger partial charge in [-0.3, -0.25) is 14.4 Å². The number of amides is 3. The Kier molecular flexibility index (Phi) is 6.25. The van der Waals surface area contributed by atoms with Gasteiger partial charge >= 0.3 is 0 Å². The fraction of sp³-hybridized carbons (Fsp3) is 0.111. The predicted molar refractivity (Wildman–Crippen MR) is 92.7 cm³/mol. The van der Waals surface area contributed by atoms with Crippen LogP contribution in [0.1, 0.15) is 16.8 Å². The van der Waals surface area contributed by atoms with E-state index in [9.17, 15) is 14.4 Å². The first-order valence-corrected chi connectivity index (χ1v) is 7.48. The van der Waals surface area contributed by atoms with Crippen LogP contribution in [0.4, 0.5) is 11.4 Å². The molecule has 0 radical (unpaired) electrons. The van der Waals surface area contributed by atoms with Crippen molar-refractivity contribution in [3.05, 3.63) is 60.2 Å². The van der Waals surface area contributed by atoms with E-state index in [1.165, 1.54) is 0 Å². The van der Waals surface area contributed by atoms with Crippen molar-refractivity contribution in [2.24, 2.45) is 0 Å². The highest BCUT2D eigenvalue weighted by Crippen LogP contribution is 2.15. The number of anilines is 2. The maximum atomic E-state index is 11.9. The molecule has 2 aromatic rings. The van der Waals surface area contributed by atoms with Gasteiger partial charge in [0.15, 0.2) is 0 Å². The highest BCUT2D eigenvalue weighted by atomic mass is 16.2. The number of nitriles is 1. The molecule has 0 aliphatic heterocycles. The van der Waals surface area contributed by atoms with Crippen LogP contribution in [0.3, 0.4) is 0 Å². The van der Waals surface area contributed by atoms with Gasteiger partial charge in [-0.2, -0.15) is 5.26 Å². The van der Waals surface area contributed by atoms with E-state index in [1.54, 1.807) is 60.7 Å². The number of carbonyl (C=O) groups excluding carboxylic acids is 3. The van der Waals surface area contributed by atoms with Crippen molar-refractivity contribution in [2.75, 3.05) is 17.2 Å². The molecule has 0 unspecified atom stereocenters. The van der Waals surface area contributed by atoms with Crippen LogP contribution in [-0.4, -0.2) is 24.3 Å². The fourth-order valence-electron chi connectivity index (χ4n) is 2.01. The van der Waals surface area contributed by atoms with Crippen molar-refractivity contribution >= 4 is 29.1 Å². The minimum absolute atomic E-state index is 0.182. The highest BCUT2D eigenvalue weighted by Gasteiger charge is 2.08. The summed E-state index contributed by atoms with van der Waals surface area (Å²) in [5, 5.41) is 16.2. The van der Waals surface area contributed by atoms with Gasteiger partial charge in [0, 0.05) is 16.9 Å². The number of carbonyl (C=O) groups is 3. The molecule has 2 rings (SSSR count). The maximum Gasteiger partial charge on any atom is 0.251 e. The normalized spacial score (nSPS) is 9.56. The lowest BCUT2D eigenvalue weighted by molar-refractivity contribution is -0.116. The molecule has 0 aliphatic carbocycles. The SMILES string of the molecule is N#CCC(=O)Nc1cccc(NC(=O)CNC(=O)c2ccccc2)c1. The average Bonchev–Trinajstić information content (AvgIpc) is 2.61. The third-order valence-electron chi connectivity index (χ3n) is 3.12. The quantitative estimate of drug-likeness (QED) is 0.748. The first-order valence-electron chi connectivity index (χ1n) is 7.48. The Balaban J connectivity index is 1.87. The molecular weight excluding hydrogens is 320 g/mol. The fourth-order valence-corrected chi connectivity index (χ4v) is 2.01. The number of hydrogen-bond donors (Lipinski definition) is 3. The van der Waals surface area contributed by atoms with E-state index >= 15 is 0 Å². The van der Waals surface area contributed by atoms with Crippen LogP contribution < -0.4 is 16.0 Å². The van der Waals surface area contributed by atoms with Crippen LogP contribution in [-0.2, 0) is 9.59 Å². The van der Waals surface area contributed by atoms with Gasteiger partial charge in [-0.05, 0) is 30.3 Å². The zero-order valence-electron chi connectivity index (χ0n) is 13.3. The Morgan fingerprint density at radius 3 is 2.16 bits per heavy atom. The molecule has 126 valence electrons. The van der Waals surface area contributed by atoms with Crippen LogP contribution in [0.25, 0.3) is 0 Å². The van der Waals surface area contributed by atoms with Crippen molar-refractivity contribution < 1.29 is 14.4 Å². The largest absolute Gasteiger partial charge is 0.343 e. The summed E-state index contributed by atoms with van der Waals surface area (Å²) < 4.78 is 0. The molecule has 2 aromatic carbocycles. The summed E-state index contributed by atoms with van der Waals surface area (Å²) in [6, 6.07) is 16.8. The lowest BCUT2D eigenvalue weighted by atomic mass is 10.2. The number of rotatable bonds is 6. The Labute approximate surface area is 144 Å². The predicted octanol–water partition coefficient (Wildman–Crippen LogP) is 1.91. The van der Waals surface area contributed by atoms with Gasteiger partial charge in [0.25, 0.3) is 5.91 Å². The van der Waals surface area contributed by atoms with Gasteiger partial charge in [-0.25, -0.2) is 0 Å². The zero-order chi connectivity index (χ0) is 18.1. The molecule has 0 saturated carbocycles. The summed E-state index contributed by atoms with van der Waals surface area (Å²) in [4.78, 5) is 35.2. The van der Waals surface area contributed by atoms with Crippen molar-refractivity contribution in [2.45, 2.75) is 6.42 Å². The van der Waals surface area contributed by atoms with Gasteiger partial charge in [0.2, 0.25) is 11.8 Å². The third kappa shape index (κ3) is 5.80. The van der Waals surface area contributed by atoms with E-state index in [4.69, 9.17) is 5.26 Å². The molecule has 0 heterocycles. The molecule has 25 heavy (non-hydrogen) atoms. The van der Waals surface area contributed by atoms with Crippen molar-refractivity contribution in [3.8, 4) is 6.07 Å². The Morgan fingerprint density at radius 2 is 1.52 bits per heavy atom. The Morgan fingerprint density at radius 1 is 0.880 bits per heavy atom. The van der Waals surface area contributed by atoms with Crippen molar-refractivity contribution in [1.82, 2.24) is 5.32 Å². The van der Waals surface area contributed by atoms with Crippen LogP contribution in [0.15, 0.2) is 54.6 Å². The standard InChI is InChI=1S/C18H16N4O3/c19-10-9-16(23)21-14-7-4-8-15(11-14)22-17(24)12-20-18(25)13-5-2-1-3-6-13/h1-8,11H,9,12H2,(H,20,25)(H,21,23)(H,22,24). The first kappa shape index (κ1) is 17.7. The maximum absolute atomic E-state index is 11.9. The summed E-state index contributed by atoms with van der Waals surface area (Å²) in [7, 11) is 0.